The third kappa shape index (κ3) is 4.51. The number of phenolic OH excluding ortho intramolecular Hbond substituents is 1. The molecule has 0 bridgehead atoms. The summed E-state index contributed by atoms with van der Waals surface area (Å²) in [7, 11) is 3.01. The molecule has 2 N–H and O–H groups in total. The van der Waals surface area contributed by atoms with Gasteiger partial charge < -0.3 is 24.8 Å². The van der Waals surface area contributed by atoms with Crippen molar-refractivity contribution in [2.45, 2.75) is 31.8 Å². The first-order chi connectivity index (χ1) is 16.0. The highest BCUT2D eigenvalue weighted by Gasteiger charge is 2.36. The summed E-state index contributed by atoms with van der Waals surface area (Å²) in [4.78, 5) is 15.2. The molecule has 0 radical (unpaired) electrons. The van der Waals surface area contributed by atoms with Gasteiger partial charge in [-0.05, 0) is 37.8 Å². The summed E-state index contributed by atoms with van der Waals surface area (Å²) in [5.74, 6) is 1.80. The minimum atomic E-state index is 0.0532. The Hall–Kier alpha value is -3.53. The van der Waals surface area contributed by atoms with Crippen LogP contribution in [0.5, 0.6) is 17.6 Å². The number of methoxy groups -OCH3 is 2. The zero-order chi connectivity index (χ0) is 22.9. The van der Waals surface area contributed by atoms with Crippen LogP contribution in [0.25, 0.3) is 22.5 Å². The van der Waals surface area contributed by atoms with E-state index in [-0.39, 0.29) is 11.8 Å². The molecule has 1 aromatic carbocycles. The zero-order valence-electron chi connectivity index (χ0n) is 18.9. The van der Waals surface area contributed by atoms with Crippen molar-refractivity contribution in [2.24, 2.45) is 5.92 Å². The monoisotopic (exact) mass is 449 g/mol. The van der Waals surface area contributed by atoms with E-state index in [4.69, 9.17) is 9.47 Å². The highest BCUT2D eigenvalue weighted by atomic mass is 16.5. The quantitative estimate of drug-likeness (QED) is 0.580. The smallest absolute Gasteiger partial charge is 0.320 e. The number of aromatic nitrogens is 5. The number of phenols is 1. The summed E-state index contributed by atoms with van der Waals surface area (Å²) < 4.78 is 10.3. The normalized spacial score (nSPS) is 20.5. The first kappa shape index (κ1) is 21.3. The molecule has 2 aliphatic rings. The number of hydrogen-bond acceptors (Lipinski definition) is 10. The third-order valence-corrected chi connectivity index (χ3v) is 6.08. The van der Waals surface area contributed by atoms with Gasteiger partial charge in [-0.15, -0.1) is 10.2 Å². The molecule has 1 saturated carbocycles. The van der Waals surface area contributed by atoms with Crippen LogP contribution in [0.4, 0.5) is 5.95 Å². The van der Waals surface area contributed by atoms with Crippen molar-refractivity contribution < 1.29 is 14.6 Å². The number of rotatable bonds is 6. The van der Waals surface area contributed by atoms with Gasteiger partial charge in [-0.2, -0.15) is 9.97 Å². The molecule has 3 heterocycles. The maximum absolute atomic E-state index is 10.7. The lowest BCUT2D eigenvalue weighted by atomic mass is 10.1. The lowest BCUT2D eigenvalue weighted by Gasteiger charge is -2.37. The third-order valence-electron chi connectivity index (χ3n) is 6.08. The van der Waals surface area contributed by atoms with Crippen molar-refractivity contribution in [2.75, 3.05) is 32.2 Å². The van der Waals surface area contributed by atoms with Gasteiger partial charge in [-0.1, -0.05) is 6.07 Å². The van der Waals surface area contributed by atoms with E-state index in [1.165, 1.54) is 27.1 Å². The van der Waals surface area contributed by atoms with Crippen molar-refractivity contribution >= 4 is 5.95 Å². The fourth-order valence-corrected chi connectivity index (χ4v) is 4.25. The average Bonchev–Trinajstić information content (AvgIpc) is 3.69. The van der Waals surface area contributed by atoms with Crippen LogP contribution in [0.3, 0.4) is 0 Å². The number of ether oxygens (including phenoxy) is 2. The van der Waals surface area contributed by atoms with E-state index in [0.717, 1.165) is 19.0 Å². The van der Waals surface area contributed by atoms with Crippen molar-refractivity contribution in [3.05, 3.63) is 30.5 Å². The predicted octanol–water partition coefficient (Wildman–Crippen LogP) is 2.30. The molecule has 1 unspecified atom stereocenters. The molecule has 0 amide bonds. The zero-order valence-corrected chi connectivity index (χ0v) is 18.9. The summed E-state index contributed by atoms with van der Waals surface area (Å²) in [5, 5.41) is 23.1. The Balaban J connectivity index is 1.37. The van der Waals surface area contributed by atoms with E-state index in [1.807, 2.05) is 6.07 Å². The largest absolute Gasteiger partial charge is 0.507 e. The Morgan fingerprint density at radius 3 is 2.55 bits per heavy atom. The number of nitrogens with one attached hydrogen (secondary N) is 1. The van der Waals surface area contributed by atoms with Gasteiger partial charge in [-0.3, -0.25) is 0 Å². The second kappa shape index (κ2) is 8.78. The lowest BCUT2D eigenvalue weighted by Crippen LogP contribution is -2.56. The van der Waals surface area contributed by atoms with Crippen LogP contribution in [0.1, 0.15) is 19.8 Å². The van der Waals surface area contributed by atoms with Crippen LogP contribution < -0.4 is 19.7 Å². The Labute approximate surface area is 192 Å². The standard InChI is InChI=1S/C23H27N7O3/c1-13-11-30(12-19(25-13)14-4-5-14)22-24-10-18(28-29-22)16-7-6-15(8-20(16)31)17-9-21(32-2)27-23(26-17)33-3/h6-10,13-14,19,25,31H,4-5,11-12H2,1-3H3/t13-,19?/m1/s1. The molecule has 1 aliphatic heterocycles. The molecule has 33 heavy (non-hydrogen) atoms. The maximum atomic E-state index is 10.7. The average molecular weight is 450 g/mol. The highest BCUT2D eigenvalue weighted by Crippen LogP contribution is 2.35. The fourth-order valence-electron chi connectivity index (χ4n) is 4.25. The molecule has 10 nitrogen and oxygen atoms in total. The Morgan fingerprint density at radius 2 is 1.88 bits per heavy atom. The molecule has 0 spiro atoms. The second-order valence-electron chi connectivity index (χ2n) is 8.57. The molecule has 1 aliphatic carbocycles. The SMILES string of the molecule is COc1cc(-c2ccc(-c3cnc(N4CC(C5CC5)N[C@H](C)C4)nn3)c(O)c2)nc(OC)n1. The van der Waals surface area contributed by atoms with Gasteiger partial charge >= 0.3 is 6.01 Å². The number of nitrogens with zero attached hydrogens (tertiary/aromatic N) is 6. The minimum Gasteiger partial charge on any atom is -0.507 e. The van der Waals surface area contributed by atoms with Crippen molar-refractivity contribution in [1.29, 1.82) is 0 Å². The van der Waals surface area contributed by atoms with Crippen LogP contribution in [-0.2, 0) is 0 Å². The molecular weight excluding hydrogens is 422 g/mol. The van der Waals surface area contributed by atoms with Crippen LogP contribution >= 0.6 is 0 Å². The molecule has 172 valence electrons. The van der Waals surface area contributed by atoms with Crippen molar-refractivity contribution in [1.82, 2.24) is 30.5 Å². The van der Waals surface area contributed by atoms with E-state index < -0.39 is 0 Å². The van der Waals surface area contributed by atoms with Crippen LogP contribution in [0.2, 0.25) is 0 Å². The van der Waals surface area contributed by atoms with Gasteiger partial charge in [0.05, 0.1) is 26.1 Å². The van der Waals surface area contributed by atoms with Gasteiger partial charge in [0.15, 0.2) is 0 Å². The summed E-state index contributed by atoms with van der Waals surface area (Å²) in [5.41, 5.74) is 2.30. The summed E-state index contributed by atoms with van der Waals surface area (Å²) >= 11 is 0. The lowest BCUT2D eigenvalue weighted by molar-refractivity contribution is 0.352. The molecule has 3 aromatic rings. The fraction of sp³-hybridized carbons (Fsp3) is 0.435. The first-order valence-corrected chi connectivity index (χ1v) is 11.1. The van der Waals surface area contributed by atoms with E-state index in [1.54, 1.807) is 24.4 Å². The van der Waals surface area contributed by atoms with Gasteiger partial charge in [0.1, 0.15) is 11.4 Å². The highest BCUT2D eigenvalue weighted by molar-refractivity contribution is 5.73. The van der Waals surface area contributed by atoms with E-state index in [2.05, 4.69) is 42.3 Å². The van der Waals surface area contributed by atoms with E-state index in [0.29, 0.717) is 46.4 Å². The van der Waals surface area contributed by atoms with Gasteiger partial charge in [0.25, 0.3) is 0 Å². The van der Waals surface area contributed by atoms with Crippen LogP contribution in [-0.4, -0.2) is 69.6 Å². The topological polar surface area (TPSA) is 118 Å². The minimum absolute atomic E-state index is 0.0532. The van der Waals surface area contributed by atoms with Gasteiger partial charge in [0, 0.05) is 42.4 Å². The molecule has 10 heteroatoms. The number of hydrogen-bond donors (Lipinski definition) is 2. The Bertz CT molecular complexity index is 1120. The van der Waals surface area contributed by atoms with Crippen molar-refractivity contribution in [3.63, 3.8) is 0 Å². The Kier molecular flexibility index (Phi) is 5.67. The molecule has 1 saturated heterocycles. The number of benzene rings is 1. The number of anilines is 1. The molecule has 2 aromatic heterocycles. The summed E-state index contributed by atoms with van der Waals surface area (Å²) in [6.45, 7) is 3.92. The molecule has 5 rings (SSSR count). The van der Waals surface area contributed by atoms with Gasteiger partial charge in [-0.25, -0.2) is 4.98 Å². The Morgan fingerprint density at radius 1 is 1.03 bits per heavy atom. The van der Waals surface area contributed by atoms with Gasteiger partial charge in [0.2, 0.25) is 11.8 Å². The van der Waals surface area contributed by atoms with E-state index >= 15 is 0 Å². The molecule has 2 atom stereocenters. The van der Waals surface area contributed by atoms with Crippen LogP contribution in [0.15, 0.2) is 30.5 Å². The molecular formula is C23H27N7O3. The first-order valence-electron chi connectivity index (χ1n) is 11.1. The van der Waals surface area contributed by atoms with Crippen LogP contribution in [0, 0.1) is 5.92 Å². The molecule has 2 fully saturated rings. The number of piperazine rings is 1. The predicted molar refractivity (Wildman–Crippen MR) is 122 cm³/mol. The van der Waals surface area contributed by atoms with E-state index in [9.17, 15) is 5.11 Å². The number of aromatic hydroxyl groups is 1. The second-order valence-corrected chi connectivity index (χ2v) is 8.57. The summed E-state index contributed by atoms with van der Waals surface area (Å²) in [6.07, 6.45) is 4.24. The summed E-state index contributed by atoms with van der Waals surface area (Å²) in [6, 6.07) is 7.94. The van der Waals surface area contributed by atoms with Crippen molar-refractivity contribution in [3.8, 4) is 40.2 Å². The maximum Gasteiger partial charge on any atom is 0.320 e.